The quantitative estimate of drug-likeness (QED) is 0.876. The van der Waals surface area contributed by atoms with Gasteiger partial charge in [0.2, 0.25) is 5.91 Å². The van der Waals surface area contributed by atoms with E-state index < -0.39 is 0 Å². The highest BCUT2D eigenvalue weighted by Gasteiger charge is 2.24. The summed E-state index contributed by atoms with van der Waals surface area (Å²) >= 11 is 0. The molecule has 1 aromatic carbocycles. The maximum atomic E-state index is 12.1. The highest BCUT2D eigenvalue weighted by Crippen LogP contribution is 2.18. The molecule has 0 spiro atoms. The first-order chi connectivity index (χ1) is 9.70. The van der Waals surface area contributed by atoms with Crippen LogP contribution in [0.3, 0.4) is 0 Å². The fourth-order valence-electron chi connectivity index (χ4n) is 2.74. The number of benzene rings is 1. The van der Waals surface area contributed by atoms with Gasteiger partial charge in [0, 0.05) is 18.5 Å². The number of carbonyl (C=O) groups excluding carboxylic acids is 1. The summed E-state index contributed by atoms with van der Waals surface area (Å²) < 4.78 is 5.31. The fraction of sp³-hybridized carbons (Fsp3) is 0.562. The van der Waals surface area contributed by atoms with Crippen LogP contribution in [0.4, 0.5) is 0 Å². The van der Waals surface area contributed by atoms with Crippen LogP contribution in [0.15, 0.2) is 24.3 Å². The van der Waals surface area contributed by atoms with E-state index in [0.29, 0.717) is 12.6 Å². The molecule has 21 heavy (non-hydrogen) atoms. The zero-order valence-electron chi connectivity index (χ0n) is 12.7. The Bertz CT molecular complexity index is 454. The molecule has 1 fully saturated rings. The second kappa shape index (κ2) is 8.90. The number of nitrogens with one attached hydrogen (secondary N) is 2. The van der Waals surface area contributed by atoms with Crippen LogP contribution in [-0.4, -0.2) is 32.1 Å². The number of methoxy groups -OCH3 is 1. The molecule has 0 aliphatic carbocycles. The number of piperidine rings is 1. The third-order valence-electron chi connectivity index (χ3n) is 3.88. The van der Waals surface area contributed by atoms with E-state index in [9.17, 15) is 4.79 Å². The number of ether oxygens (including phenoxy) is 1. The van der Waals surface area contributed by atoms with Crippen molar-refractivity contribution in [1.29, 1.82) is 0 Å². The summed E-state index contributed by atoms with van der Waals surface area (Å²) in [5, 5.41) is 6.42. The summed E-state index contributed by atoms with van der Waals surface area (Å²) in [5.41, 5.74) is 1.13. The Morgan fingerprint density at radius 1 is 1.43 bits per heavy atom. The van der Waals surface area contributed by atoms with Crippen LogP contribution in [0, 0.1) is 5.92 Å². The topological polar surface area (TPSA) is 50.4 Å². The molecule has 0 radical (unpaired) electrons. The lowest BCUT2D eigenvalue weighted by molar-refractivity contribution is -0.126. The first-order valence-electron chi connectivity index (χ1n) is 7.33. The van der Waals surface area contributed by atoms with Gasteiger partial charge >= 0.3 is 0 Å². The number of hydrogen-bond acceptors (Lipinski definition) is 3. The van der Waals surface area contributed by atoms with Crippen molar-refractivity contribution in [3.8, 4) is 5.75 Å². The molecule has 0 aromatic heterocycles. The largest absolute Gasteiger partial charge is 0.496 e. The lowest BCUT2D eigenvalue weighted by Gasteiger charge is -2.27. The van der Waals surface area contributed by atoms with Crippen LogP contribution in [0.1, 0.15) is 25.3 Å². The molecule has 118 valence electrons. The molecule has 5 heteroatoms. The van der Waals surface area contributed by atoms with Crippen molar-refractivity contribution in [3.63, 3.8) is 0 Å². The third kappa shape index (κ3) is 5.21. The van der Waals surface area contributed by atoms with Crippen LogP contribution in [0.5, 0.6) is 5.75 Å². The van der Waals surface area contributed by atoms with Gasteiger partial charge in [-0.1, -0.05) is 18.2 Å². The van der Waals surface area contributed by atoms with Crippen molar-refractivity contribution in [2.75, 3.05) is 20.2 Å². The Kier molecular flexibility index (Phi) is 7.54. The van der Waals surface area contributed by atoms with Gasteiger partial charge < -0.3 is 15.4 Å². The highest BCUT2D eigenvalue weighted by atomic mass is 35.5. The molecule has 2 N–H and O–H groups in total. The number of amides is 1. The first-order valence-corrected chi connectivity index (χ1v) is 7.33. The SMILES string of the molecule is COc1ccccc1CCNC(=O)[C@H]1CCN[C@@H](C)C1.Cl. The molecule has 2 rings (SSSR count). The van der Waals surface area contributed by atoms with Crippen LogP contribution >= 0.6 is 12.4 Å². The summed E-state index contributed by atoms with van der Waals surface area (Å²) in [7, 11) is 1.67. The molecule has 1 saturated heterocycles. The van der Waals surface area contributed by atoms with Crippen molar-refractivity contribution in [2.45, 2.75) is 32.2 Å². The van der Waals surface area contributed by atoms with E-state index in [1.165, 1.54) is 0 Å². The summed E-state index contributed by atoms with van der Waals surface area (Å²) in [6.45, 7) is 3.73. The van der Waals surface area contributed by atoms with E-state index in [1.54, 1.807) is 7.11 Å². The zero-order chi connectivity index (χ0) is 14.4. The Hall–Kier alpha value is -1.26. The molecule has 1 aromatic rings. The average molecular weight is 313 g/mol. The Morgan fingerprint density at radius 3 is 2.90 bits per heavy atom. The van der Waals surface area contributed by atoms with Crippen LogP contribution in [0.25, 0.3) is 0 Å². The number of rotatable bonds is 5. The molecular formula is C16H25ClN2O2. The normalized spacial score (nSPS) is 21.2. The maximum Gasteiger partial charge on any atom is 0.223 e. The Labute approximate surface area is 133 Å². The predicted octanol–water partition coefficient (Wildman–Crippen LogP) is 2.16. The van der Waals surface area contributed by atoms with Gasteiger partial charge in [-0.15, -0.1) is 12.4 Å². The third-order valence-corrected chi connectivity index (χ3v) is 3.88. The van der Waals surface area contributed by atoms with Crippen molar-refractivity contribution in [1.82, 2.24) is 10.6 Å². The van der Waals surface area contributed by atoms with Gasteiger partial charge in [-0.3, -0.25) is 4.79 Å². The van der Waals surface area contributed by atoms with Crippen molar-refractivity contribution < 1.29 is 9.53 Å². The molecule has 2 atom stereocenters. The monoisotopic (exact) mass is 312 g/mol. The summed E-state index contributed by atoms with van der Waals surface area (Å²) in [6, 6.07) is 8.38. The summed E-state index contributed by atoms with van der Waals surface area (Å²) in [4.78, 5) is 12.1. The molecule has 4 nitrogen and oxygen atoms in total. The standard InChI is InChI=1S/C16H24N2O2.ClH/c1-12-11-14(8-9-17-12)16(19)18-10-7-13-5-3-4-6-15(13)20-2;/h3-6,12,14,17H,7-11H2,1-2H3,(H,18,19);1H/t12-,14-;/m0./s1. The molecule has 0 saturated carbocycles. The van der Waals surface area contributed by atoms with E-state index in [1.807, 2.05) is 24.3 Å². The van der Waals surface area contributed by atoms with Gasteiger partial charge in [-0.2, -0.15) is 0 Å². The van der Waals surface area contributed by atoms with Crippen LogP contribution < -0.4 is 15.4 Å². The molecule has 0 unspecified atom stereocenters. The van der Waals surface area contributed by atoms with Crippen molar-refractivity contribution >= 4 is 18.3 Å². The van der Waals surface area contributed by atoms with Gasteiger partial charge in [0.05, 0.1) is 7.11 Å². The lowest BCUT2D eigenvalue weighted by atomic mass is 9.92. The Morgan fingerprint density at radius 2 is 2.19 bits per heavy atom. The summed E-state index contributed by atoms with van der Waals surface area (Å²) in [6.07, 6.45) is 2.67. The van der Waals surface area contributed by atoms with E-state index in [0.717, 1.165) is 37.1 Å². The molecule has 1 amide bonds. The number of halogens is 1. The smallest absolute Gasteiger partial charge is 0.223 e. The second-order valence-corrected chi connectivity index (χ2v) is 5.43. The van der Waals surface area contributed by atoms with E-state index in [4.69, 9.17) is 4.74 Å². The number of carbonyl (C=O) groups is 1. The highest BCUT2D eigenvalue weighted by molar-refractivity contribution is 5.85. The van der Waals surface area contributed by atoms with Crippen LogP contribution in [-0.2, 0) is 11.2 Å². The van der Waals surface area contributed by atoms with Gasteiger partial charge in [-0.25, -0.2) is 0 Å². The van der Waals surface area contributed by atoms with Gasteiger partial charge in [-0.05, 0) is 44.4 Å². The van der Waals surface area contributed by atoms with Gasteiger partial charge in [0.25, 0.3) is 0 Å². The Balaban J connectivity index is 0.00000220. The van der Waals surface area contributed by atoms with Crippen molar-refractivity contribution in [2.24, 2.45) is 5.92 Å². The first kappa shape index (κ1) is 17.8. The molecule has 0 bridgehead atoms. The van der Waals surface area contributed by atoms with Gasteiger partial charge in [0.1, 0.15) is 5.75 Å². The van der Waals surface area contributed by atoms with Gasteiger partial charge in [0.15, 0.2) is 0 Å². The van der Waals surface area contributed by atoms with E-state index >= 15 is 0 Å². The minimum Gasteiger partial charge on any atom is -0.496 e. The summed E-state index contributed by atoms with van der Waals surface area (Å²) in [5.74, 6) is 1.23. The molecule has 1 aliphatic rings. The maximum absolute atomic E-state index is 12.1. The molecule has 1 aliphatic heterocycles. The number of para-hydroxylation sites is 1. The van der Waals surface area contributed by atoms with Crippen molar-refractivity contribution in [3.05, 3.63) is 29.8 Å². The predicted molar refractivity (Wildman–Crippen MR) is 87.1 cm³/mol. The zero-order valence-corrected chi connectivity index (χ0v) is 13.5. The van der Waals surface area contributed by atoms with Crippen LogP contribution in [0.2, 0.25) is 0 Å². The minimum absolute atomic E-state index is 0. The van der Waals surface area contributed by atoms with E-state index in [2.05, 4.69) is 17.6 Å². The lowest BCUT2D eigenvalue weighted by Crippen LogP contribution is -2.42. The average Bonchev–Trinajstić information content (AvgIpc) is 2.47. The fourth-order valence-corrected chi connectivity index (χ4v) is 2.74. The second-order valence-electron chi connectivity index (χ2n) is 5.43. The van der Waals surface area contributed by atoms with E-state index in [-0.39, 0.29) is 24.2 Å². The number of hydrogen-bond donors (Lipinski definition) is 2. The molecular weight excluding hydrogens is 288 g/mol. The molecule has 1 heterocycles. The minimum atomic E-state index is 0.